The van der Waals surface area contributed by atoms with E-state index in [9.17, 15) is 5.11 Å². The molecule has 1 heterocycles. The average molecular weight is 311 g/mol. The van der Waals surface area contributed by atoms with Crippen molar-refractivity contribution in [3.8, 4) is 11.5 Å². The average Bonchev–Trinajstić information content (AvgIpc) is 2.75. The molecule has 4 nitrogen and oxygen atoms in total. The van der Waals surface area contributed by atoms with Gasteiger partial charge in [-0.1, -0.05) is 6.92 Å². The Morgan fingerprint density at radius 2 is 2.05 bits per heavy atom. The second-order valence-electron chi connectivity index (χ2n) is 5.59. The number of benzene rings is 1. The molecular formula is C16H25NO3S. The van der Waals surface area contributed by atoms with Gasteiger partial charge in [-0.15, -0.1) is 11.8 Å². The van der Waals surface area contributed by atoms with E-state index in [0.29, 0.717) is 13.2 Å². The molecule has 1 unspecified atom stereocenters. The minimum absolute atomic E-state index is 0.130. The number of nitrogens with one attached hydrogen (secondary N) is 1. The van der Waals surface area contributed by atoms with Gasteiger partial charge in [-0.25, -0.2) is 0 Å². The van der Waals surface area contributed by atoms with E-state index in [1.807, 2.05) is 12.1 Å². The molecule has 21 heavy (non-hydrogen) atoms. The molecule has 0 spiro atoms. The summed E-state index contributed by atoms with van der Waals surface area (Å²) in [5.74, 6) is 2.46. The molecule has 2 rings (SSSR count). The zero-order chi connectivity index (χ0) is 15.1. The summed E-state index contributed by atoms with van der Waals surface area (Å²) in [5, 5.41) is 13.0. The zero-order valence-corrected chi connectivity index (χ0v) is 13.7. The quantitative estimate of drug-likeness (QED) is 0.758. The molecule has 1 aliphatic rings. The number of fused-ring (bicyclic) bond motifs is 1. The van der Waals surface area contributed by atoms with Crippen LogP contribution in [0.1, 0.15) is 26.7 Å². The summed E-state index contributed by atoms with van der Waals surface area (Å²) in [7, 11) is 0. The third-order valence-corrected chi connectivity index (χ3v) is 4.80. The normalized spacial score (nSPS) is 17.1. The summed E-state index contributed by atoms with van der Waals surface area (Å²) in [6.07, 6.45) is 1.98. The summed E-state index contributed by atoms with van der Waals surface area (Å²) in [5.41, 5.74) is -0.259. The Morgan fingerprint density at radius 1 is 1.29 bits per heavy atom. The smallest absolute Gasteiger partial charge is 0.162 e. The van der Waals surface area contributed by atoms with Gasteiger partial charge < -0.3 is 19.9 Å². The van der Waals surface area contributed by atoms with Crippen LogP contribution >= 0.6 is 11.8 Å². The number of aliphatic hydroxyl groups is 1. The van der Waals surface area contributed by atoms with Crippen LogP contribution in [0.5, 0.6) is 11.5 Å². The van der Waals surface area contributed by atoms with Gasteiger partial charge in [0.15, 0.2) is 11.5 Å². The van der Waals surface area contributed by atoms with Gasteiger partial charge in [0.2, 0.25) is 0 Å². The van der Waals surface area contributed by atoms with Gasteiger partial charge in [0.1, 0.15) is 0 Å². The SMILES string of the molecule is CCCNC(C)(CO)CSc1ccc2c(c1)OCCCO2. The van der Waals surface area contributed by atoms with Gasteiger partial charge in [0.25, 0.3) is 0 Å². The van der Waals surface area contributed by atoms with Gasteiger partial charge in [-0.05, 0) is 38.1 Å². The third-order valence-electron chi connectivity index (χ3n) is 3.43. The van der Waals surface area contributed by atoms with Gasteiger partial charge in [0.05, 0.1) is 19.8 Å². The topological polar surface area (TPSA) is 50.7 Å². The molecule has 0 radical (unpaired) electrons. The summed E-state index contributed by atoms with van der Waals surface area (Å²) in [6, 6.07) is 6.05. The highest BCUT2D eigenvalue weighted by Gasteiger charge is 2.22. The number of hydrogen-bond donors (Lipinski definition) is 2. The lowest BCUT2D eigenvalue weighted by atomic mass is 10.1. The Labute approximate surface area is 131 Å². The van der Waals surface area contributed by atoms with Crippen LogP contribution in [0.25, 0.3) is 0 Å². The maximum atomic E-state index is 9.60. The van der Waals surface area contributed by atoms with Gasteiger partial charge in [0, 0.05) is 22.6 Å². The van der Waals surface area contributed by atoms with Crippen LogP contribution in [-0.2, 0) is 0 Å². The van der Waals surface area contributed by atoms with Crippen molar-refractivity contribution in [1.29, 1.82) is 0 Å². The lowest BCUT2D eigenvalue weighted by molar-refractivity contribution is 0.192. The summed E-state index contributed by atoms with van der Waals surface area (Å²) < 4.78 is 11.3. The fourth-order valence-electron chi connectivity index (χ4n) is 2.06. The zero-order valence-electron chi connectivity index (χ0n) is 12.9. The minimum atomic E-state index is -0.259. The summed E-state index contributed by atoms with van der Waals surface area (Å²) in [4.78, 5) is 1.14. The molecule has 0 saturated carbocycles. The van der Waals surface area contributed by atoms with E-state index < -0.39 is 0 Å². The van der Waals surface area contributed by atoms with Crippen LogP contribution < -0.4 is 14.8 Å². The van der Waals surface area contributed by atoms with E-state index in [0.717, 1.165) is 41.5 Å². The first-order valence-corrected chi connectivity index (χ1v) is 8.54. The molecule has 0 saturated heterocycles. The number of aliphatic hydroxyl groups excluding tert-OH is 1. The largest absolute Gasteiger partial charge is 0.490 e. The highest BCUT2D eigenvalue weighted by Crippen LogP contribution is 2.34. The molecule has 1 aromatic rings. The fourth-order valence-corrected chi connectivity index (χ4v) is 3.09. The Morgan fingerprint density at radius 3 is 2.76 bits per heavy atom. The van der Waals surface area contributed by atoms with Crippen molar-refractivity contribution in [3.05, 3.63) is 18.2 Å². The maximum Gasteiger partial charge on any atom is 0.162 e. The van der Waals surface area contributed by atoms with Crippen molar-refractivity contribution in [2.75, 3.05) is 32.1 Å². The Kier molecular flexibility index (Phi) is 6.21. The number of hydrogen-bond acceptors (Lipinski definition) is 5. The van der Waals surface area contributed by atoms with E-state index in [4.69, 9.17) is 9.47 Å². The molecule has 118 valence electrons. The summed E-state index contributed by atoms with van der Waals surface area (Å²) >= 11 is 1.72. The van der Waals surface area contributed by atoms with Gasteiger partial charge in [-0.2, -0.15) is 0 Å². The highest BCUT2D eigenvalue weighted by molar-refractivity contribution is 7.99. The van der Waals surface area contributed by atoms with Gasteiger partial charge in [-0.3, -0.25) is 0 Å². The van der Waals surface area contributed by atoms with Crippen LogP contribution in [0.2, 0.25) is 0 Å². The van der Waals surface area contributed by atoms with Crippen LogP contribution in [-0.4, -0.2) is 42.8 Å². The third kappa shape index (κ3) is 4.80. The lowest BCUT2D eigenvalue weighted by Gasteiger charge is -2.28. The highest BCUT2D eigenvalue weighted by atomic mass is 32.2. The Hall–Kier alpha value is -0.910. The molecule has 0 fully saturated rings. The van der Waals surface area contributed by atoms with E-state index in [2.05, 4.69) is 25.2 Å². The first-order chi connectivity index (χ1) is 10.2. The number of thioether (sulfide) groups is 1. The second-order valence-corrected chi connectivity index (χ2v) is 6.64. The second kappa shape index (κ2) is 7.92. The minimum Gasteiger partial charge on any atom is -0.490 e. The molecule has 0 amide bonds. The first kappa shape index (κ1) is 16.5. The van der Waals surface area contributed by atoms with E-state index >= 15 is 0 Å². The van der Waals surface area contributed by atoms with Crippen molar-refractivity contribution >= 4 is 11.8 Å². The first-order valence-electron chi connectivity index (χ1n) is 7.55. The molecule has 2 N–H and O–H groups in total. The molecule has 0 aliphatic carbocycles. The van der Waals surface area contributed by atoms with Crippen molar-refractivity contribution in [1.82, 2.24) is 5.32 Å². The predicted molar refractivity (Wildman–Crippen MR) is 86.6 cm³/mol. The Balaban J connectivity index is 1.98. The van der Waals surface area contributed by atoms with Crippen LogP contribution in [0, 0.1) is 0 Å². The van der Waals surface area contributed by atoms with Crippen molar-refractivity contribution in [2.24, 2.45) is 0 Å². The van der Waals surface area contributed by atoms with Crippen LogP contribution in [0.3, 0.4) is 0 Å². The van der Waals surface area contributed by atoms with E-state index in [1.165, 1.54) is 0 Å². The lowest BCUT2D eigenvalue weighted by Crippen LogP contribution is -2.48. The maximum absolute atomic E-state index is 9.60. The van der Waals surface area contributed by atoms with Crippen molar-refractivity contribution in [2.45, 2.75) is 37.1 Å². The molecule has 5 heteroatoms. The monoisotopic (exact) mass is 311 g/mol. The Bertz CT molecular complexity index is 455. The molecule has 1 aromatic carbocycles. The number of ether oxygens (including phenoxy) is 2. The predicted octanol–water partition coefficient (Wildman–Crippen LogP) is 2.69. The molecular weight excluding hydrogens is 286 g/mol. The standard InChI is InChI=1S/C16H25NO3S/c1-3-7-17-16(2,11-18)12-21-13-5-6-14-15(10-13)20-9-4-8-19-14/h5-6,10,17-18H,3-4,7-9,11-12H2,1-2H3. The molecule has 1 aliphatic heterocycles. The number of rotatable bonds is 7. The van der Waals surface area contributed by atoms with Crippen LogP contribution in [0.4, 0.5) is 0 Å². The van der Waals surface area contributed by atoms with E-state index in [-0.39, 0.29) is 12.1 Å². The molecule has 0 aromatic heterocycles. The molecule has 0 bridgehead atoms. The van der Waals surface area contributed by atoms with Gasteiger partial charge >= 0.3 is 0 Å². The summed E-state index contributed by atoms with van der Waals surface area (Å²) in [6.45, 7) is 6.64. The van der Waals surface area contributed by atoms with Crippen molar-refractivity contribution in [3.63, 3.8) is 0 Å². The van der Waals surface area contributed by atoms with Crippen LogP contribution in [0.15, 0.2) is 23.1 Å². The fraction of sp³-hybridized carbons (Fsp3) is 0.625. The molecule has 1 atom stereocenters. The van der Waals surface area contributed by atoms with E-state index in [1.54, 1.807) is 11.8 Å². The van der Waals surface area contributed by atoms with Crippen molar-refractivity contribution < 1.29 is 14.6 Å².